The molecule has 0 atom stereocenters. The highest BCUT2D eigenvalue weighted by Crippen LogP contribution is 2.28. The molecule has 0 saturated heterocycles. The van der Waals surface area contributed by atoms with Crippen LogP contribution in [0.4, 0.5) is 0 Å². The van der Waals surface area contributed by atoms with E-state index < -0.39 is 0 Å². The lowest BCUT2D eigenvalue weighted by molar-refractivity contribution is -0.191. The average Bonchev–Trinajstić information content (AvgIpc) is 3.16. The first kappa shape index (κ1) is 17.8. The van der Waals surface area contributed by atoms with Crippen molar-refractivity contribution >= 4 is 17.5 Å². The van der Waals surface area contributed by atoms with E-state index in [2.05, 4.69) is 56.3 Å². The highest BCUT2D eigenvalue weighted by Gasteiger charge is 2.10. The Morgan fingerprint density at radius 2 is 2.00 bits per heavy atom. The lowest BCUT2D eigenvalue weighted by Crippen LogP contribution is -1.99. The largest absolute Gasteiger partial charge is 0.373 e. The second kappa shape index (κ2) is 8.34. The zero-order chi connectivity index (χ0) is 17.5. The maximum Gasteiger partial charge on any atom is 0.373 e. The number of aromatic nitrogens is 3. The van der Waals surface area contributed by atoms with Crippen molar-refractivity contribution in [2.75, 3.05) is 0 Å². The van der Waals surface area contributed by atoms with Crippen LogP contribution in [-0.4, -0.2) is 20.9 Å². The van der Waals surface area contributed by atoms with E-state index >= 15 is 0 Å². The fraction of sp³-hybridized carbons (Fsp3) is 0.278. The van der Waals surface area contributed by atoms with Gasteiger partial charge in [-0.25, -0.2) is 4.98 Å². The molecule has 0 radical (unpaired) electrons. The first-order chi connectivity index (χ1) is 11.6. The molecule has 0 saturated carbocycles. The third-order valence-corrected chi connectivity index (χ3v) is 4.75. The van der Waals surface area contributed by atoms with Crippen molar-refractivity contribution < 1.29 is 9.59 Å². The van der Waals surface area contributed by atoms with E-state index in [0.29, 0.717) is 0 Å². The molecule has 0 amide bonds. The molecule has 2 aromatic heterocycles. The van der Waals surface area contributed by atoms with E-state index in [1.165, 1.54) is 21.6 Å². The maximum atomic E-state index is 8.12. The summed E-state index contributed by atoms with van der Waals surface area (Å²) in [6.07, 6.45) is 5.33. The molecule has 0 aliphatic carbocycles. The predicted molar refractivity (Wildman–Crippen MR) is 92.7 cm³/mol. The Bertz CT molecular complexity index is 846. The van der Waals surface area contributed by atoms with Crippen LogP contribution in [0.3, 0.4) is 0 Å². The topological polar surface area (TPSA) is 64.8 Å². The second-order valence-corrected chi connectivity index (χ2v) is 6.46. The van der Waals surface area contributed by atoms with E-state index in [-0.39, 0.29) is 6.15 Å². The molecule has 3 aromatic rings. The number of thiazole rings is 1. The molecular formula is C18H19N3O2S. The fourth-order valence-electron chi connectivity index (χ4n) is 2.30. The molecule has 3 rings (SSSR count). The van der Waals surface area contributed by atoms with Crippen LogP contribution in [0.25, 0.3) is 10.6 Å². The molecule has 6 heteroatoms. The third kappa shape index (κ3) is 4.47. The third-order valence-electron chi connectivity index (χ3n) is 3.56. The van der Waals surface area contributed by atoms with E-state index in [4.69, 9.17) is 14.6 Å². The zero-order valence-corrected chi connectivity index (χ0v) is 14.8. The molecule has 0 bridgehead atoms. The molecule has 0 aliphatic rings. The number of rotatable bonds is 4. The summed E-state index contributed by atoms with van der Waals surface area (Å²) in [5.41, 5.74) is 4.84. The van der Waals surface area contributed by atoms with Crippen LogP contribution < -0.4 is 0 Å². The molecule has 124 valence electrons. The molecule has 0 spiro atoms. The minimum absolute atomic E-state index is 0.250. The van der Waals surface area contributed by atoms with E-state index in [0.717, 1.165) is 23.7 Å². The van der Waals surface area contributed by atoms with Gasteiger partial charge in [-0.05, 0) is 31.9 Å². The lowest BCUT2D eigenvalue weighted by Gasteiger charge is -1.99. The number of hydrogen-bond acceptors (Lipinski definition) is 5. The normalized spacial score (nSPS) is 9.96. The SMILES string of the molecule is CCc1cnn(Cc2sc(-c3cccc(C)c3)nc2C)c1.O=C=O. The summed E-state index contributed by atoms with van der Waals surface area (Å²) in [4.78, 5) is 22.2. The van der Waals surface area contributed by atoms with E-state index in [1.807, 2.05) is 10.9 Å². The van der Waals surface area contributed by atoms with Crippen LogP contribution in [-0.2, 0) is 22.6 Å². The van der Waals surface area contributed by atoms with Crippen molar-refractivity contribution in [1.82, 2.24) is 14.8 Å². The fourth-order valence-corrected chi connectivity index (χ4v) is 3.35. The minimum atomic E-state index is 0.250. The Kier molecular flexibility index (Phi) is 6.18. The number of benzene rings is 1. The summed E-state index contributed by atoms with van der Waals surface area (Å²) in [5, 5.41) is 5.51. The van der Waals surface area contributed by atoms with E-state index in [9.17, 15) is 0 Å². The Labute approximate surface area is 145 Å². The molecular weight excluding hydrogens is 322 g/mol. The van der Waals surface area contributed by atoms with Crippen molar-refractivity contribution in [3.63, 3.8) is 0 Å². The quantitative estimate of drug-likeness (QED) is 0.726. The van der Waals surface area contributed by atoms with Crippen LogP contribution in [0.15, 0.2) is 36.7 Å². The molecule has 0 aliphatic heterocycles. The lowest BCUT2D eigenvalue weighted by atomic mass is 10.1. The molecule has 24 heavy (non-hydrogen) atoms. The summed E-state index contributed by atoms with van der Waals surface area (Å²) >= 11 is 1.76. The Hall–Kier alpha value is -2.56. The summed E-state index contributed by atoms with van der Waals surface area (Å²) in [7, 11) is 0. The van der Waals surface area contributed by atoms with Gasteiger partial charge in [0.05, 0.1) is 18.4 Å². The Balaban J connectivity index is 0.000000647. The minimum Gasteiger partial charge on any atom is -0.267 e. The van der Waals surface area contributed by atoms with Gasteiger partial charge >= 0.3 is 6.15 Å². The highest BCUT2D eigenvalue weighted by molar-refractivity contribution is 7.15. The van der Waals surface area contributed by atoms with Gasteiger partial charge in [-0.2, -0.15) is 14.7 Å². The number of carbonyl (C=O) groups excluding carboxylic acids is 2. The van der Waals surface area contributed by atoms with Crippen LogP contribution in [0.2, 0.25) is 0 Å². The van der Waals surface area contributed by atoms with Crippen molar-refractivity contribution in [2.24, 2.45) is 0 Å². The van der Waals surface area contributed by atoms with Crippen LogP contribution in [0.5, 0.6) is 0 Å². The summed E-state index contributed by atoms with van der Waals surface area (Å²) < 4.78 is 2.00. The van der Waals surface area contributed by atoms with Gasteiger partial charge in [-0.15, -0.1) is 11.3 Å². The van der Waals surface area contributed by atoms with Gasteiger partial charge in [-0.1, -0.05) is 30.7 Å². The predicted octanol–water partition coefficient (Wildman–Crippen LogP) is 3.65. The second-order valence-electron chi connectivity index (χ2n) is 5.38. The van der Waals surface area contributed by atoms with Crippen molar-refractivity contribution in [1.29, 1.82) is 0 Å². The number of aryl methyl sites for hydroxylation is 3. The summed E-state index contributed by atoms with van der Waals surface area (Å²) in [5.74, 6) is 0. The van der Waals surface area contributed by atoms with Crippen LogP contribution >= 0.6 is 11.3 Å². The molecule has 1 aromatic carbocycles. The summed E-state index contributed by atoms with van der Waals surface area (Å²) in [6, 6.07) is 8.51. The molecule has 0 N–H and O–H groups in total. The number of hydrogen-bond donors (Lipinski definition) is 0. The van der Waals surface area contributed by atoms with E-state index in [1.54, 1.807) is 11.3 Å². The van der Waals surface area contributed by atoms with Gasteiger partial charge in [0.2, 0.25) is 0 Å². The maximum absolute atomic E-state index is 8.12. The average molecular weight is 341 g/mol. The standard InChI is InChI=1S/C17H19N3S.CO2/c1-4-14-9-18-20(10-14)11-16-13(3)19-17(21-16)15-7-5-6-12(2)8-15;2-1-3/h5-10H,4,11H2,1-3H3;. The van der Waals surface area contributed by atoms with Gasteiger partial charge in [-0.3, -0.25) is 4.68 Å². The van der Waals surface area contributed by atoms with Crippen molar-refractivity contribution in [3.05, 3.63) is 58.4 Å². The first-order valence-corrected chi connectivity index (χ1v) is 8.43. The Morgan fingerprint density at radius 1 is 1.25 bits per heavy atom. The van der Waals surface area contributed by atoms with Crippen LogP contribution in [0, 0.1) is 13.8 Å². The number of nitrogens with zero attached hydrogens (tertiary/aromatic N) is 3. The Morgan fingerprint density at radius 3 is 2.62 bits per heavy atom. The molecule has 0 unspecified atom stereocenters. The van der Waals surface area contributed by atoms with Crippen molar-refractivity contribution in [2.45, 2.75) is 33.7 Å². The van der Waals surface area contributed by atoms with Gasteiger partial charge in [0.15, 0.2) is 0 Å². The van der Waals surface area contributed by atoms with Gasteiger partial charge < -0.3 is 0 Å². The summed E-state index contributed by atoms with van der Waals surface area (Å²) in [6.45, 7) is 7.14. The zero-order valence-electron chi connectivity index (χ0n) is 13.9. The molecule has 0 fully saturated rings. The monoisotopic (exact) mass is 341 g/mol. The molecule has 5 nitrogen and oxygen atoms in total. The molecule has 2 heterocycles. The van der Waals surface area contributed by atoms with Gasteiger partial charge in [0.1, 0.15) is 5.01 Å². The van der Waals surface area contributed by atoms with Crippen LogP contribution in [0.1, 0.15) is 28.6 Å². The van der Waals surface area contributed by atoms with Gasteiger partial charge in [0.25, 0.3) is 0 Å². The first-order valence-electron chi connectivity index (χ1n) is 7.61. The van der Waals surface area contributed by atoms with Gasteiger partial charge in [0, 0.05) is 16.6 Å². The smallest absolute Gasteiger partial charge is 0.267 e. The van der Waals surface area contributed by atoms with Crippen molar-refractivity contribution in [3.8, 4) is 10.6 Å². The highest BCUT2D eigenvalue weighted by atomic mass is 32.1.